The third kappa shape index (κ3) is 12.9. The normalized spacial score (nSPS) is 23.0. The summed E-state index contributed by atoms with van der Waals surface area (Å²) < 4.78 is 0. The van der Waals surface area contributed by atoms with Crippen LogP contribution in [0.2, 0.25) is 0 Å². The molecule has 2 nitrogen and oxygen atoms in total. The molecular formula is C46H82N2. The quantitative estimate of drug-likeness (QED) is 0.0841. The lowest BCUT2D eigenvalue weighted by molar-refractivity contribution is -0.00255. The highest BCUT2D eigenvalue weighted by Crippen LogP contribution is 2.45. The third-order valence-corrected chi connectivity index (χ3v) is 12.0. The summed E-state index contributed by atoms with van der Waals surface area (Å²) in [6.07, 6.45) is 31.4. The Morgan fingerprint density at radius 1 is 0.917 bits per heavy atom. The first-order valence-corrected chi connectivity index (χ1v) is 20.7. The molecule has 0 amide bonds. The van der Waals surface area contributed by atoms with E-state index in [1.807, 2.05) is 0 Å². The van der Waals surface area contributed by atoms with Gasteiger partial charge in [0.1, 0.15) is 0 Å². The summed E-state index contributed by atoms with van der Waals surface area (Å²) in [4.78, 5) is 5.92. The molecule has 48 heavy (non-hydrogen) atoms. The van der Waals surface area contributed by atoms with Crippen LogP contribution in [0.1, 0.15) is 167 Å². The minimum atomic E-state index is 0.471. The van der Waals surface area contributed by atoms with E-state index in [0.717, 1.165) is 18.9 Å². The van der Waals surface area contributed by atoms with Gasteiger partial charge in [-0.15, -0.1) is 6.58 Å². The van der Waals surface area contributed by atoms with Gasteiger partial charge in [0.15, 0.2) is 0 Å². The molecule has 2 rings (SSSR count). The van der Waals surface area contributed by atoms with Crippen molar-refractivity contribution in [1.29, 1.82) is 0 Å². The van der Waals surface area contributed by atoms with Crippen molar-refractivity contribution in [2.24, 2.45) is 41.4 Å². The van der Waals surface area contributed by atoms with Crippen LogP contribution < -0.4 is 0 Å². The van der Waals surface area contributed by atoms with Gasteiger partial charge >= 0.3 is 0 Å². The molecule has 0 bridgehead atoms. The molecule has 1 fully saturated rings. The molecule has 0 heterocycles. The van der Waals surface area contributed by atoms with E-state index in [4.69, 9.17) is 0 Å². The van der Waals surface area contributed by atoms with Crippen LogP contribution in [0.4, 0.5) is 0 Å². The molecule has 0 saturated heterocycles. The average Bonchev–Trinajstić information content (AvgIpc) is 3.04. The van der Waals surface area contributed by atoms with Gasteiger partial charge in [-0.2, -0.15) is 0 Å². The highest BCUT2D eigenvalue weighted by molar-refractivity contribution is 5.28. The second-order valence-corrected chi connectivity index (χ2v) is 17.1. The Morgan fingerprint density at radius 2 is 1.58 bits per heavy atom. The van der Waals surface area contributed by atoms with Crippen molar-refractivity contribution < 1.29 is 0 Å². The first-order chi connectivity index (χ1) is 22.9. The zero-order valence-electron chi connectivity index (χ0n) is 34.2. The molecular weight excluding hydrogens is 581 g/mol. The lowest BCUT2D eigenvalue weighted by Crippen LogP contribution is -2.57. The summed E-state index contributed by atoms with van der Waals surface area (Å²) in [6.45, 7) is 34.5. The van der Waals surface area contributed by atoms with Crippen molar-refractivity contribution in [1.82, 2.24) is 9.80 Å². The van der Waals surface area contributed by atoms with Crippen LogP contribution in [-0.4, -0.2) is 34.5 Å². The van der Waals surface area contributed by atoms with Crippen LogP contribution in [0.25, 0.3) is 0 Å². The standard InChI is InChI=1S/C46H82N2/c1-14-18-19-20-21-30-47(33-35(7)8)45(39(12)17-4)43(23-15-2)44(38(11)16-3)46(40(13)31-34(5)6)48(41-28-26-36(9)27-29-41)42-25-22-24-37(10)32-42/h14-15,23,25,32-34,36,38-41,43-46H,1,16-22,24,26-31H2,2-13H3/b23-15-. The Hall–Kier alpha value is -1.70. The molecule has 0 N–H and O–H groups in total. The number of allylic oxidation sites excluding steroid dienone is 6. The van der Waals surface area contributed by atoms with Crippen molar-refractivity contribution in [2.75, 3.05) is 6.54 Å². The SMILES string of the molecule is C=CCCCCCN(C=C(C)C)C(C(C)CC)C(/C=C\C)C(C(C)CC)C(C(C)CC(C)C)N(C1=CCCC(C)=C1)C1CCC(C)CC1. The number of nitrogens with zero attached hydrogens (tertiary/aromatic N) is 2. The van der Waals surface area contributed by atoms with Crippen molar-refractivity contribution >= 4 is 0 Å². The molecule has 0 spiro atoms. The van der Waals surface area contributed by atoms with Crippen molar-refractivity contribution in [3.05, 3.63) is 60.0 Å². The van der Waals surface area contributed by atoms with Crippen LogP contribution in [0.5, 0.6) is 0 Å². The molecule has 2 aliphatic carbocycles. The van der Waals surface area contributed by atoms with Gasteiger partial charge in [0, 0.05) is 36.3 Å². The minimum absolute atomic E-state index is 0.471. The zero-order valence-corrected chi connectivity index (χ0v) is 34.2. The topological polar surface area (TPSA) is 6.48 Å². The first-order valence-electron chi connectivity index (χ1n) is 20.7. The van der Waals surface area contributed by atoms with Gasteiger partial charge in [0.05, 0.1) is 0 Å². The summed E-state index contributed by atoms with van der Waals surface area (Å²) in [5.74, 6) is 4.41. The Balaban J connectivity index is 2.86. The predicted molar refractivity (Wildman–Crippen MR) is 216 cm³/mol. The first kappa shape index (κ1) is 42.5. The van der Waals surface area contributed by atoms with Gasteiger partial charge < -0.3 is 9.80 Å². The maximum atomic E-state index is 3.98. The summed E-state index contributed by atoms with van der Waals surface area (Å²) in [6, 6.07) is 1.61. The summed E-state index contributed by atoms with van der Waals surface area (Å²) >= 11 is 0. The van der Waals surface area contributed by atoms with E-state index in [-0.39, 0.29) is 0 Å². The molecule has 0 aromatic rings. The van der Waals surface area contributed by atoms with Crippen molar-refractivity contribution in [2.45, 2.75) is 185 Å². The number of hydrogen-bond donors (Lipinski definition) is 0. The minimum Gasteiger partial charge on any atom is -0.374 e. The lowest BCUT2D eigenvalue weighted by Gasteiger charge is -2.54. The Kier molecular flexibility index (Phi) is 19.6. The Labute approximate surface area is 301 Å². The van der Waals surface area contributed by atoms with E-state index >= 15 is 0 Å². The van der Waals surface area contributed by atoms with Gasteiger partial charge in [0.25, 0.3) is 0 Å². The molecule has 2 aliphatic rings. The van der Waals surface area contributed by atoms with Gasteiger partial charge in [0.2, 0.25) is 0 Å². The van der Waals surface area contributed by atoms with E-state index in [9.17, 15) is 0 Å². The summed E-state index contributed by atoms with van der Waals surface area (Å²) in [5, 5.41) is 0. The number of rotatable bonds is 22. The molecule has 0 aliphatic heterocycles. The van der Waals surface area contributed by atoms with Gasteiger partial charge in [-0.05, 0) is 140 Å². The van der Waals surface area contributed by atoms with E-state index in [1.54, 1.807) is 11.3 Å². The fraction of sp³-hybridized carbons (Fsp3) is 0.783. The maximum Gasteiger partial charge on any atom is 0.0376 e. The molecule has 1 saturated carbocycles. The predicted octanol–water partition coefficient (Wildman–Crippen LogP) is 13.8. The van der Waals surface area contributed by atoms with E-state index in [2.05, 4.69) is 136 Å². The van der Waals surface area contributed by atoms with Gasteiger partial charge in [-0.3, -0.25) is 0 Å². The van der Waals surface area contributed by atoms with E-state index in [0.29, 0.717) is 53.6 Å². The summed E-state index contributed by atoms with van der Waals surface area (Å²) in [7, 11) is 0. The maximum absolute atomic E-state index is 3.98. The molecule has 7 unspecified atom stereocenters. The summed E-state index contributed by atoms with van der Waals surface area (Å²) in [5.41, 5.74) is 4.53. The molecule has 0 aromatic heterocycles. The zero-order chi connectivity index (χ0) is 35.8. The third-order valence-electron chi connectivity index (χ3n) is 12.0. The van der Waals surface area contributed by atoms with Crippen LogP contribution >= 0.6 is 0 Å². The number of unbranched alkanes of at least 4 members (excludes halogenated alkanes) is 3. The second-order valence-electron chi connectivity index (χ2n) is 17.1. The Morgan fingerprint density at radius 3 is 2.12 bits per heavy atom. The van der Waals surface area contributed by atoms with Crippen molar-refractivity contribution in [3.63, 3.8) is 0 Å². The van der Waals surface area contributed by atoms with E-state index < -0.39 is 0 Å². The van der Waals surface area contributed by atoms with E-state index in [1.165, 1.54) is 82.6 Å². The smallest absolute Gasteiger partial charge is 0.0376 e. The monoisotopic (exact) mass is 663 g/mol. The van der Waals surface area contributed by atoms with Crippen LogP contribution in [0.3, 0.4) is 0 Å². The fourth-order valence-electron chi connectivity index (χ4n) is 9.35. The molecule has 2 heteroatoms. The largest absolute Gasteiger partial charge is 0.374 e. The fourth-order valence-corrected chi connectivity index (χ4v) is 9.35. The highest BCUT2D eigenvalue weighted by atomic mass is 15.2. The Bertz CT molecular complexity index is 1020. The van der Waals surface area contributed by atoms with Crippen molar-refractivity contribution in [3.8, 4) is 0 Å². The highest BCUT2D eigenvalue weighted by Gasteiger charge is 2.46. The number of hydrogen-bond acceptors (Lipinski definition) is 2. The molecule has 0 aromatic carbocycles. The lowest BCUT2D eigenvalue weighted by atomic mass is 9.65. The van der Waals surface area contributed by atoms with Gasteiger partial charge in [-0.1, -0.05) is 110 Å². The van der Waals surface area contributed by atoms with Crippen LogP contribution in [0.15, 0.2) is 60.0 Å². The molecule has 0 radical (unpaired) electrons. The molecule has 276 valence electrons. The van der Waals surface area contributed by atoms with Crippen LogP contribution in [0, 0.1) is 41.4 Å². The second kappa shape index (κ2) is 22.2. The molecule has 7 atom stereocenters. The van der Waals surface area contributed by atoms with Crippen LogP contribution in [-0.2, 0) is 0 Å². The average molecular weight is 663 g/mol. The van der Waals surface area contributed by atoms with Gasteiger partial charge in [-0.25, -0.2) is 0 Å².